The zero-order valence-corrected chi connectivity index (χ0v) is 9.24. The van der Waals surface area contributed by atoms with E-state index in [1.54, 1.807) is 6.07 Å². The van der Waals surface area contributed by atoms with Gasteiger partial charge in [0.1, 0.15) is 5.82 Å². The van der Waals surface area contributed by atoms with Gasteiger partial charge in [0.2, 0.25) is 0 Å². The Morgan fingerprint density at radius 1 is 1.38 bits per heavy atom. The number of hydrogen-bond acceptors (Lipinski definition) is 1. The van der Waals surface area contributed by atoms with Gasteiger partial charge in [-0.25, -0.2) is 4.39 Å². The van der Waals surface area contributed by atoms with Crippen LogP contribution in [0.2, 0.25) is 5.02 Å². The summed E-state index contributed by atoms with van der Waals surface area (Å²) in [7, 11) is 0. The van der Waals surface area contributed by atoms with Crippen LogP contribution in [0.15, 0.2) is 18.2 Å². The maximum absolute atomic E-state index is 13.0. The third-order valence-corrected chi connectivity index (χ3v) is 2.95. The van der Waals surface area contributed by atoms with Gasteiger partial charge in [-0.1, -0.05) is 31.5 Å². The van der Waals surface area contributed by atoms with E-state index in [1.165, 1.54) is 6.07 Å². The Hall–Kier alpha value is -0.210. The van der Waals surface area contributed by atoms with Crippen LogP contribution in [0.3, 0.4) is 0 Å². The Labute approximate surface area is 88.5 Å². The average Bonchev–Trinajstić information content (AvgIpc) is 2.08. The molecule has 0 saturated carbocycles. The molecule has 0 nitrogen and oxygen atoms in total. The molecule has 0 aliphatic rings. The van der Waals surface area contributed by atoms with Gasteiger partial charge in [0.15, 0.2) is 0 Å². The molecular formula is C10H12ClFS. The molecule has 2 atom stereocenters. The molecule has 0 aliphatic heterocycles. The van der Waals surface area contributed by atoms with Crippen molar-refractivity contribution in [2.24, 2.45) is 0 Å². The lowest BCUT2D eigenvalue weighted by Crippen LogP contribution is -2.05. The summed E-state index contributed by atoms with van der Waals surface area (Å²) < 4.78 is 13.0. The molecule has 1 aromatic carbocycles. The van der Waals surface area contributed by atoms with Crippen LogP contribution in [0.1, 0.15) is 25.3 Å². The van der Waals surface area contributed by atoms with Crippen molar-refractivity contribution >= 4 is 24.2 Å². The first-order chi connectivity index (χ1) is 6.02. The second-order valence-electron chi connectivity index (χ2n) is 3.20. The number of hydrogen-bond donors (Lipinski definition) is 1. The molecule has 3 heteroatoms. The maximum Gasteiger partial charge on any atom is 0.142 e. The first kappa shape index (κ1) is 10.9. The van der Waals surface area contributed by atoms with E-state index in [-0.39, 0.29) is 22.0 Å². The van der Waals surface area contributed by atoms with Crippen LogP contribution >= 0.6 is 24.2 Å². The highest BCUT2D eigenvalue weighted by molar-refractivity contribution is 7.81. The predicted octanol–water partition coefficient (Wildman–Crippen LogP) is 3.90. The van der Waals surface area contributed by atoms with E-state index in [2.05, 4.69) is 12.6 Å². The Morgan fingerprint density at radius 3 is 2.46 bits per heavy atom. The van der Waals surface area contributed by atoms with E-state index >= 15 is 0 Å². The van der Waals surface area contributed by atoms with Gasteiger partial charge in [-0.2, -0.15) is 12.6 Å². The minimum Gasteiger partial charge on any atom is -0.205 e. The summed E-state index contributed by atoms with van der Waals surface area (Å²) >= 11 is 9.88. The van der Waals surface area contributed by atoms with Crippen molar-refractivity contribution in [3.8, 4) is 0 Å². The highest BCUT2D eigenvalue weighted by Gasteiger charge is 2.12. The Kier molecular flexibility index (Phi) is 3.63. The molecule has 1 aromatic rings. The summed E-state index contributed by atoms with van der Waals surface area (Å²) in [5, 5.41) is 0.378. The summed E-state index contributed by atoms with van der Waals surface area (Å²) in [4.78, 5) is 0. The van der Waals surface area contributed by atoms with E-state index in [4.69, 9.17) is 11.6 Å². The predicted molar refractivity (Wildman–Crippen MR) is 58.3 cm³/mol. The van der Waals surface area contributed by atoms with Gasteiger partial charge in [-0.15, -0.1) is 0 Å². The van der Waals surface area contributed by atoms with Gasteiger partial charge < -0.3 is 0 Å². The average molecular weight is 219 g/mol. The van der Waals surface area contributed by atoms with Gasteiger partial charge >= 0.3 is 0 Å². The van der Waals surface area contributed by atoms with Crippen molar-refractivity contribution in [1.29, 1.82) is 0 Å². The summed E-state index contributed by atoms with van der Waals surface area (Å²) in [5.41, 5.74) is 0.935. The molecule has 0 radical (unpaired) electrons. The third kappa shape index (κ3) is 2.61. The fourth-order valence-corrected chi connectivity index (χ4v) is 1.36. The van der Waals surface area contributed by atoms with Gasteiger partial charge in [-0.3, -0.25) is 0 Å². The van der Waals surface area contributed by atoms with Crippen molar-refractivity contribution in [2.75, 3.05) is 0 Å². The molecule has 1 rings (SSSR count). The number of benzene rings is 1. The van der Waals surface area contributed by atoms with Crippen LogP contribution in [-0.4, -0.2) is 5.25 Å². The van der Waals surface area contributed by atoms with Crippen molar-refractivity contribution in [3.05, 3.63) is 34.6 Å². The Morgan fingerprint density at radius 2 is 2.00 bits per heavy atom. The maximum atomic E-state index is 13.0. The van der Waals surface area contributed by atoms with Crippen molar-refractivity contribution in [1.82, 2.24) is 0 Å². The van der Waals surface area contributed by atoms with Gasteiger partial charge in [0.05, 0.1) is 5.02 Å². The second kappa shape index (κ2) is 4.34. The van der Waals surface area contributed by atoms with Crippen LogP contribution in [0.4, 0.5) is 4.39 Å². The van der Waals surface area contributed by atoms with Crippen molar-refractivity contribution < 1.29 is 4.39 Å². The van der Waals surface area contributed by atoms with Crippen LogP contribution < -0.4 is 0 Å². The quantitative estimate of drug-likeness (QED) is 0.716. The van der Waals surface area contributed by atoms with Gasteiger partial charge in [0.25, 0.3) is 0 Å². The van der Waals surface area contributed by atoms with Crippen LogP contribution in [0.5, 0.6) is 0 Å². The summed E-state index contributed by atoms with van der Waals surface area (Å²) in [6.45, 7) is 4.00. The highest BCUT2D eigenvalue weighted by atomic mass is 35.5. The summed E-state index contributed by atoms with van der Waals surface area (Å²) in [5.74, 6) is -0.130. The minimum absolute atomic E-state index is 0.169. The lowest BCUT2D eigenvalue weighted by atomic mass is 9.98. The molecule has 0 bridgehead atoms. The molecular weight excluding hydrogens is 207 g/mol. The molecule has 0 fully saturated rings. The van der Waals surface area contributed by atoms with Crippen molar-refractivity contribution in [2.45, 2.75) is 25.0 Å². The Balaban J connectivity index is 2.97. The topological polar surface area (TPSA) is 0 Å². The lowest BCUT2D eigenvalue weighted by Gasteiger charge is -2.15. The van der Waals surface area contributed by atoms with Crippen molar-refractivity contribution in [3.63, 3.8) is 0 Å². The molecule has 0 aliphatic carbocycles. The summed E-state index contributed by atoms with van der Waals surface area (Å²) in [6, 6.07) is 4.89. The monoisotopic (exact) mass is 218 g/mol. The van der Waals surface area contributed by atoms with E-state index in [0.29, 0.717) is 0 Å². The highest BCUT2D eigenvalue weighted by Crippen LogP contribution is 2.25. The molecule has 13 heavy (non-hydrogen) atoms. The van der Waals surface area contributed by atoms with Gasteiger partial charge in [-0.05, 0) is 23.6 Å². The van der Waals surface area contributed by atoms with Crippen LogP contribution in [-0.2, 0) is 0 Å². The molecule has 0 spiro atoms. The van der Waals surface area contributed by atoms with E-state index in [0.717, 1.165) is 5.56 Å². The summed E-state index contributed by atoms with van der Waals surface area (Å²) in [6.07, 6.45) is 0. The standard InChI is InChI=1S/C10H12ClFS/c1-6(7(2)13)8-3-4-9(11)10(12)5-8/h3-7,13H,1-2H3. The fourth-order valence-electron chi connectivity index (χ4n) is 1.07. The number of thiol groups is 1. The molecule has 0 aromatic heterocycles. The molecule has 0 heterocycles. The van der Waals surface area contributed by atoms with Crippen LogP contribution in [0.25, 0.3) is 0 Å². The van der Waals surface area contributed by atoms with Crippen LogP contribution in [0, 0.1) is 5.82 Å². The zero-order chi connectivity index (χ0) is 10.0. The molecule has 0 amide bonds. The fraction of sp³-hybridized carbons (Fsp3) is 0.400. The normalized spacial score (nSPS) is 15.5. The first-order valence-corrected chi connectivity index (χ1v) is 5.05. The molecule has 72 valence electrons. The number of halogens is 2. The lowest BCUT2D eigenvalue weighted by molar-refractivity contribution is 0.621. The molecule has 0 saturated heterocycles. The Bertz CT molecular complexity index is 299. The van der Waals surface area contributed by atoms with E-state index in [1.807, 2.05) is 19.9 Å². The van der Waals surface area contributed by atoms with Gasteiger partial charge in [0, 0.05) is 5.25 Å². The number of rotatable bonds is 2. The first-order valence-electron chi connectivity index (χ1n) is 4.15. The largest absolute Gasteiger partial charge is 0.205 e. The smallest absolute Gasteiger partial charge is 0.142 e. The molecule has 2 unspecified atom stereocenters. The second-order valence-corrected chi connectivity index (χ2v) is 4.42. The molecule has 0 N–H and O–H groups in total. The third-order valence-electron chi connectivity index (χ3n) is 2.19. The van der Waals surface area contributed by atoms with E-state index < -0.39 is 0 Å². The SMILES string of the molecule is CC(S)C(C)c1ccc(Cl)c(F)c1. The zero-order valence-electron chi connectivity index (χ0n) is 7.59. The minimum atomic E-state index is -0.361. The van der Waals surface area contributed by atoms with E-state index in [9.17, 15) is 4.39 Å².